The van der Waals surface area contributed by atoms with Crippen LogP contribution >= 0.6 is 22.7 Å². The topological polar surface area (TPSA) is 75.2 Å². The summed E-state index contributed by atoms with van der Waals surface area (Å²) in [7, 11) is 0. The van der Waals surface area contributed by atoms with E-state index in [1.54, 1.807) is 29.8 Å². The molecule has 0 bridgehead atoms. The molecule has 4 heterocycles. The molecule has 5 rings (SSSR count). The quantitative estimate of drug-likeness (QED) is 0.574. The smallest absolute Gasteiger partial charge is 0.229 e. The third-order valence-electron chi connectivity index (χ3n) is 6.01. The largest absolute Gasteiger partial charge is 0.340 e. The molecule has 160 valence electrons. The van der Waals surface area contributed by atoms with Gasteiger partial charge in [-0.1, -0.05) is 6.07 Å². The second-order valence-corrected chi connectivity index (χ2v) is 10.1. The molecule has 1 saturated heterocycles. The van der Waals surface area contributed by atoms with Crippen molar-refractivity contribution in [2.45, 2.75) is 38.5 Å². The van der Waals surface area contributed by atoms with Crippen LogP contribution in [0.1, 0.15) is 51.4 Å². The Hall–Kier alpha value is -2.58. The first kappa shape index (κ1) is 20.3. The van der Waals surface area contributed by atoms with Gasteiger partial charge in [0.15, 0.2) is 0 Å². The van der Waals surface area contributed by atoms with Crippen LogP contribution < -0.4 is 10.2 Å². The van der Waals surface area contributed by atoms with E-state index in [0.717, 1.165) is 66.1 Å². The van der Waals surface area contributed by atoms with Crippen molar-refractivity contribution in [2.24, 2.45) is 5.92 Å². The molecular formula is C23H24N4O2S2. The molecule has 1 unspecified atom stereocenters. The normalized spacial score (nSPS) is 18.5. The van der Waals surface area contributed by atoms with Crippen molar-refractivity contribution >= 4 is 45.3 Å². The second-order valence-electron chi connectivity index (χ2n) is 8.04. The summed E-state index contributed by atoms with van der Waals surface area (Å²) in [5.41, 5.74) is 1.86. The van der Waals surface area contributed by atoms with Crippen molar-refractivity contribution in [3.05, 3.63) is 56.9 Å². The number of aryl methyl sites for hydroxylation is 1. The van der Waals surface area contributed by atoms with Crippen LogP contribution in [-0.2, 0) is 17.6 Å². The summed E-state index contributed by atoms with van der Waals surface area (Å²) in [6, 6.07) is 5.56. The van der Waals surface area contributed by atoms with Crippen LogP contribution in [0, 0.1) is 5.92 Å². The van der Waals surface area contributed by atoms with Crippen LogP contribution in [0.2, 0.25) is 0 Å². The van der Waals surface area contributed by atoms with E-state index in [1.165, 1.54) is 16.2 Å². The van der Waals surface area contributed by atoms with E-state index < -0.39 is 0 Å². The average Bonchev–Trinajstić information content (AvgIpc) is 3.47. The van der Waals surface area contributed by atoms with Gasteiger partial charge < -0.3 is 10.2 Å². The Kier molecular flexibility index (Phi) is 5.82. The maximum Gasteiger partial charge on any atom is 0.229 e. The van der Waals surface area contributed by atoms with Crippen molar-refractivity contribution in [3.63, 3.8) is 0 Å². The number of aromatic nitrogens is 2. The van der Waals surface area contributed by atoms with Gasteiger partial charge in [0, 0.05) is 30.4 Å². The SMILES string of the molecule is O=C(c1cccs1)c1c(NC(=O)C2CCCN(c3ncccn3)C2)sc2c1CCCC2. The van der Waals surface area contributed by atoms with Gasteiger partial charge in [-0.3, -0.25) is 9.59 Å². The minimum atomic E-state index is -0.152. The second kappa shape index (κ2) is 8.88. The number of rotatable bonds is 5. The predicted molar refractivity (Wildman–Crippen MR) is 124 cm³/mol. The van der Waals surface area contributed by atoms with Crippen molar-refractivity contribution in [2.75, 3.05) is 23.3 Å². The lowest BCUT2D eigenvalue weighted by atomic mass is 9.93. The fraction of sp³-hybridized carbons (Fsp3) is 0.391. The zero-order chi connectivity index (χ0) is 21.2. The van der Waals surface area contributed by atoms with Gasteiger partial charge in [0.25, 0.3) is 0 Å². The molecule has 0 spiro atoms. The Morgan fingerprint density at radius 2 is 1.94 bits per heavy atom. The van der Waals surface area contributed by atoms with E-state index >= 15 is 0 Å². The average molecular weight is 453 g/mol. The van der Waals surface area contributed by atoms with Gasteiger partial charge in [0.05, 0.1) is 16.4 Å². The number of amides is 1. The fourth-order valence-electron chi connectivity index (χ4n) is 4.47. The summed E-state index contributed by atoms with van der Waals surface area (Å²) in [5, 5.41) is 5.80. The van der Waals surface area contributed by atoms with Crippen LogP contribution in [0.25, 0.3) is 0 Å². The molecule has 3 aromatic rings. The van der Waals surface area contributed by atoms with E-state index in [0.29, 0.717) is 12.5 Å². The van der Waals surface area contributed by atoms with Gasteiger partial charge >= 0.3 is 0 Å². The number of ketones is 1. The number of nitrogens with one attached hydrogen (secondary N) is 1. The molecule has 8 heteroatoms. The standard InChI is InChI=1S/C23H24N4O2S2/c28-20(18-9-4-13-30-18)19-16-7-1-2-8-17(16)31-22(19)26-21(29)15-6-3-12-27(14-15)23-24-10-5-11-25-23/h4-5,9-11,13,15H,1-3,6-8,12,14H2,(H,26,29). The Morgan fingerprint density at radius 3 is 2.74 bits per heavy atom. The Labute approximate surface area is 189 Å². The molecule has 31 heavy (non-hydrogen) atoms. The van der Waals surface area contributed by atoms with Crippen LogP contribution in [0.4, 0.5) is 10.9 Å². The molecule has 2 aliphatic rings. The van der Waals surface area contributed by atoms with Gasteiger partial charge in [-0.25, -0.2) is 9.97 Å². The van der Waals surface area contributed by atoms with Gasteiger partial charge in [-0.15, -0.1) is 22.7 Å². The van der Waals surface area contributed by atoms with Crippen LogP contribution in [0.5, 0.6) is 0 Å². The van der Waals surface area contributed by atoms with Crippen molar-refractivity contribution in [1.82, 2.24) is 9.97 Å². The summed E-state index contributed by atoms with van der Waals surface area (Å²) in [6.07, 6.45) is 9.33. The number of nitrogens with zero attached hydrogens (tertiary/aromatic N) is 3. The van der Waals surface area contributed by atoms with E-state index in [1.807, 2.05) is 17.5 Å². The molecule has 1 N–H and O–H groups in total. The number of carbonyl (C=O) groups excluding carboxylic acids is 2. The Bertz CT molecular complexity index is 1080. The van der Waals surface area contributed by atoms with Gasteiger partial charge in [-0.2, -0.15) is 0 Å². The molecule has 1 amide bonds. The van der Waals surface area contributed by atoms with Crippen molar-refractivity contribution in [3.8, 4) is 0 Å². The minimum absolute atomic E-state index is 0.0144. The summed E-state index contributed by atoms with van der Waals surface area (Å²) < 4.78 is 0. The molecule has 0 aromatic carbocycles. The fourth-order valence-corrected chi connectivity index (χ4v) is 6.43. The third kappa shape index (κ3) is 4.14. The maximum atomic E-state index is 13.3. The van der Waals surface area contributed by atoms with Crippen LogP contribution in [-0.4, -0.2) is 34.7 Å². The van der Waals surface area contributed by atoms with Gasteiger partial charge in [-0.05, 0) is 61.6 Å². The highest BCUT2D eigenvalue weighted by Crippen LogP contribution is 2.40. The van der Waals surface area contributed by atoms with E-state index in [9.17, 15) is 9.59 Å². The van der Waals surface area contributed by atoms with Crippen molar-refractivity contribution < 1.29 is 9.59 Å². The molecule has 1 aliphatic carbocycles. The van der Waals surface area contributed by atoms with Crippen molar-refractivity contribution in [1.29, 1.82) is 0 Å². The number of fused-ring (bicyclic) bond motifs is 1. The molecule has 6 nitrogen and oxygen atoms in total. The number of hydrogen-bond donors (Lipinski definition) is 1. The van der Waals surface area contributed by atoms with E-state index in [2.05, 4.69) is 20.2 Å². The lowest BCUT2D eigenvalue weighted by Crippen LogP contribution is -2.41. The zero-order valence-corrected chi connectivity index (χ0v) is 18.8. The highest BCUT2D eigenvalue weighted by Gasteiger charge is 2.31. The number of hydrogen-bond acceptors (Lipinski definition) is 7. The molecule has 3 aromatic heterocycles. The lowest BCUT2D eigenvalue weighted by Gasteiger charge is -2.31. The van der Waals surface area contributed by atoms with Gasteiger partial charge in [0.2, 0.25) is 17.6 Å². The summed E-state index contributed by atoms with van der Waals surface area (Å²) in [5.74, 6) is 0.536. The highest BCUT2D eigenvalue weighted by molar-refractivity contribution is 7.17. The molecular weight excluding hydrogens is 428 g/mol. The molecule has 1 aliphatic heterocycles. The lowest BCUT2D eigenvalue weighted by molar-refractivity contribution is -0.120. The summed E-state index contributed by atoms with van der Waals surface area (Å²) >= 11 is 3.05. The molecule has 0 radical (unpaired) electrons. The molecule has 0 saturated carbocycles. The summed E-state index contributed by atoms with van der Waals surface area (Å²) in [4.78, 5) is 39.3. The number of anilines is 2. The third-order valence-corrected chi connectivity index (χ3v) is 8.08. The molecule has 1 atom stereocenters. The number of piperidine rings is 1. The van der Waals surface area contributed by atoms with Crippen LogP contribution in [0.15, 0.2) is 36.0 Å². The van der Waals surface area contributed by atoms with E-state index in [4.69, 9.17) is 0 Å². The Balaban J connectivity index is 1.39. The van der Waals surface area contributed by atoms with Gasteiger partial charge in [0.1, 0.15) is 5.00 Å². The number of carbonyl (C=O) groups is 2. The van der Waals surface area contributed by atoms with E-state index in [-0.39, 0.29) is 17.6 Å². The minimum Gasteiger partial charge on any atom is -0.340 e. The summed E-state index contributed by atoms with van der Waals surface area (Å²) in [6.45, 7) is 1.44. The first-order valence-corrected chi connectivity index (χ1v) is 12.5. The monoisotopic (exact) mass is 452 g/mol. The zero-order valence-electron chi connectivity index (χ0n) is 17.2. The molecule has 1 fully saturated rings. The predicted octanol–water partition coefficient (Wildman–Crippen LogP) is 4.56. The Morgan fingerprint density at radius 1 is 1.10 bits per heavy atom. The first-order chi connectivity index (χ1) is 15.2. The first-order valence-electron chi connectivity index (χ1n) is 10.8. The highest BCUT2D eigenvalue weighted by atomic mass is 32.1. The van der Waals surface area contributed by atoms with Crippen LogP contribution in [0.3, 0.4) is 0 Å². The maximum absolute atomic E-state index is 13.3. The number of thiophene rings is 2.